The maximum absolute atomic E-state index is 13.2. The van der Waals surface area contributed by atoms with Crippen molar-refractivity contribution >= 4 is 28.8 Å². The number of hydrogen-bond donors (Lipinski definition) is 1. The van der Waals surface area contributed by atoms with Gasteiger partial charge in [-0.3, -0.25) is 9.69 Å². The number of halogens is 1. The van der Waals surface area contributed by atoms with Gasteiger partial charge in [0, 0.05) is 57.3 Å². The molecule has 2 aromatic heterocycles. The Labute approximate surface area is 199 Å². The van der Waals surface area contributed by atoms with Crippen LogP contribution in [0.1, 0.15) is 59.8 Å². The van der Waals surface area contributed by atoms with Crippen LogP contribution in [-0.2, 0) is 6.54 Å². The summed E-state index contributed by atoms with van der Waals surface area (Å²) in [6.45, 7) is 10.4. The fourth-order valence-corrected chi connectivity index (χ4v) is 6.08. The van der Waals surface area contributed by atoms with Gasteiger partial charge in [0.25, 0.3) is 11.1 Å². The van der Waals surface area contributed by atoms with E-state index in [0.29, 0.717) is 35.1 Å². The van der Waals surface area contributed by atoms with Crippen molar-refractivity contribution < 1.29 is 9.52 Å². The van der Waals surface area contributed by atoms with Crippen LogP contribution in [0.3, 0.4) is 0 Å². The third-order valence-corrected chi connectivity index (χ3v) is 8.36. The number of carbonyl (C=O) groups excluding carboxylic acids is 1. The van der Waals surface area contributed by atoms with Crippen LogP contribution in [0.25, 0.3) is 0 Å². The molecular weight excluding hydrogens is 444 g/mol. The number of piperidine rings is 2. The summed E-state index contributed by atoms with van der Waals surface area (Å²) in [5, 5.41) is 20.3. The number of rotatable bonds is 5. The Hall–Kier alpha value is -1.67. The van der Waals surface area contributed by atoms with Gasteiger partial charge in [0.1, 0.15) is 5.56 Å². The van der Waals surface area contributed by atoms with Crippen LogP contribution < -0.4 is 10.0 Å². The molecule has 1 N–H and O–H groups in total. The number of aromatic nitrogens is 1. The molecule has 32 heavy (non-hydrogen) atoms. The van der Waals surface area contributed by atoms with Crippen LogP contribution in [0.4, 0.5) is 0 Å². The first-order chi connectivity index (χ1) is 15.3. The molecule has 0 unspecified atom stereocenters. The summed E-state index contributed by atoms with van der Waals surface area (Å²) in [7, 11) is 0. The molecule has 4 rings (SSSR count). The van der Waals surface area contributed by atoms with E-state index in [2.05, 4.69) is 34.0 Å². The Kier molecular flexibility index (Phi) is 7.10. The Bertz CT molecular complexity index is 949. The number of amides is 1. The number of aryl methyl sites for hydroxylation is 1. The number of hydrogen-bond acceptors (Lipinski definition) is 5. The zero-order valence-corrected chi connectivity index (χ0v) is 20.8. The quantitative estimate of drug-likeness (QED) is 0.404. The second-order valence-electron chi connectivity index (χ2n) is 9.47. The molecule has 4 heterocycles. The smallest absolute Gasteiger partial charge is 0.286 e. The van der Waals surface area contributed by atoms with Gasteiger partial charge in [-0.1, -0.05) is 0 Å². The van der Waals surface area contributed by atoms with Crippen molar-refractivity contribution in [1.29, 1.82) is 0 Å². The number of likely N-dealkylation sites (tertiary alicyclic amines) is 2. The zero-order valence-electron chi connectivity index (χ0n) is 19.2. The molecule has 6 nitrogen and oxygen atoms in total. The van der Waals surface area contributed by atoms with Crippen molar-refractivity contribution in [1.82, 2.24) is 15.1 Å². The lowest BCUT2D eigenvalue weighted by atomic mass is 9.85. The van der Waals surface area contributed by atoms with E-state index >= 15 is 0 Å². The van der Waals surface area contributed by atoms with Crippen LogP contribution in [0.2, 0.25) is 5.15 Å². The molecule has 0 aromatic carbocycles. The molecule has 2 fully saturated rings. The van der Waals surface area contributed by atoms with Crippen LogP contribution in [0.15, 0.2) is 22.9 Å². The number of pyridine rings is 1. The second-order valence-corrected chi connectivity index (χ2v) is 10.6. The summed E-state index contributed by atoms with van der Waals surface area (Å²) in [5.41, 5.74) is 3.12. The maximum atomic E-state index is 13.2. The normalized spacial score (nSPS) is 19.9. The number of thiophene rings is 1. The highest BCUT2D eigenvalue weighted by molar-refractivity contribution is 7.07. The highest BCUT2D eigenvalue weighted by Gasteiger charge is 2.39. The van der Waals surface area contributed by atoms with Crippen LogP contribution in [0.5, 0.6) is 0 Å². The number of nitrogens with one attached hydrogen (secondary N) is 1. The van der Waals surface area contributed by atoms with E-state index in [-0.39, 0.29) is 16.6 Å². The molecule has 2 aliphatic rings. The Balaban J connectivity index is 1.31. The van der Waals surface area contributed by atoms with Crippen molar-refractivity contribution in [2.45, 2.75) is 64.6 Å². The van der Waals surface area contributed by atoms with Crippen LogP contribution >= 0.6 is 22.9 Å². The minimum absolute atomic E-state index is 0.0559. The number of carbonyl (C=O) groups is 1. The monoisotopic (exact) mass is 476 g/mol. The van der Waals surface area contributed by atoms with Gasteiger partial charge >= 0.3 is 0 Å². The van der Waals surface area contributed by atoms with E-state index in [1.54, 1.807) is 24.3 Å². The fourth-order valence-electron chi connectivity index (χ4n) is 5.12. The average Bonchev–Trinajstić information content (AvgIpc) is 3.31. The van der Waals surface area contributed by atoms with Gasteiger partial charge in [-0.2, -0.15) is 16.1 Å². The van der Waals surface area contributed by atoms with Gasteiger partial charge in [0.2, 0.25) is 5.69 Å². The third kappa shape index (κ3) is 4.81. The standard InChI is InChI=1S/C24H33ClN4O2S/c1-17-14-21(25)29(31)18(2)22(17)23(30)27-11-7-24(3,8-12-27)28-9-4-20(5-10-28)26-15-19-6-13-32-16-19/h6,13-14,16,20,26H,4-5,7-12,15H2,1-3H3. The molecule has 0 atom stereocenters. The molecule has 0 saturated carbocycles. The van der Waals surface area contributed by atoms with Gasteiger partial charge < -0.3 is 15.4 Å². The van der Waals surface area contributed by atoms with Gasteiger partial charge in [0.15, 0.2) is 0 Å². The van der Waals surface area contributed by atoms with Crippen molar-refractivity contribution in [2.75, 3.05) is 26.2 Å². The summed E-state index contributed by atoms with van der Waals surface area (Å²) in [6.07, 6.45) is 4.23. The first-order valence-corrected chi connectivity index (χ1v) is 12.8. The Morgan fingerprint density at radius 3 is 2.59 bits per heavy atom. The highest BCUT2D eigenvalue weighted by atomic mass is 35.5. The van der Waals surface area contributed by atoms with E-state index in [9.17, 15) is 10.0 Å². The summed E-state index contributed by atoms with van der Waals surface area (Å²) in [5.74, 6) is -0.0559. The van der Waals surface area contributed by atoms with Crippen molar-refractivity contribution in [3.05, 3.63) is 55.6 Å². The van der Waals surface area contributed by atoms with Crippen molar-refractivity contribution in [3.8, 4) is 0 Å². The van der Waals surface area contributed by atoms with Crippen molar-refractivity contribution in [3.63, 3.8) is 0 Å². The lowest BCUT2D eigenvalue weighted by Crippen LogP contribution is -2.57. The molecule has 174 valence electrons. The summed E-state index contributed by atoms with van der Waals surface area (Å²) in [4.78, 5) is 17.7. The SMILES string of the molecule is Cc1cc(Cl)[n+]([O-])c(C)c1C(=O)N1CCC(C)(N2CCC(NCc3ccsc3)CC2)CC1. The van der Waals surface area contributed by atoms with Gasteiger partial charge in [-0.15, -0.1) is 0 Å². The van der Waals surface area contributed by atoms with Crippen LogP contribution in [0, 0.1) is 19.1 Å². The molecule has 2 saturated heterocycles. The Morgan fingerprint density at radius 2 is 1.97 bits per heavy atom. The topological polar surface area (TPSA) is 62.5 Å². The van der Waals surface area contributed by atoms with E-state index in [0.717, 1.165) is 50.9 Å². The molecule has 0 radical (unpaired) electrons. The molecule has 1 amide bonds. The molecule has 0 spiro atoms. The highest BCUT2D eigenvalue weighted by Crippen LogP contribution is 2.32. The zero-order chi connectivity index (χ0) is 22.9. The average molecular weight is 477 g/mol. The predicted molar refractivity (Wildman–Crippen MR) is 129 cm³/mol. The predicted octanol–water partition coefficient (Wildman–Crippen LogP) is 3.90. The lowest BCUT2D eigenvalue weighted by molar-refractivity contribution is -0.610. The molecule has 8 heteroatoms. The largest absolute Gasteiger partial charge is 0.617 e. The van der Waals surface area contributed by atoms with E-state index in [4.69, 9.17) is 11.6 Å². The summed E-state index contributed by atoms with van der Waals surface area (Å²) < 4.78 is 0.645. The molecule has 2 aliphatic heterocycles. The fraction of sp³-hybridized carbons (Fsp3) is 0.583. The second kappa shape index (κ2) is 9.67. The molecule has 2 aromatic rings. The minimum Gasteiger partial charge on any atom is -0.617 e. The van der Waals surface area contributed by atoms with E-state index in [1.807, 2.05) is 11.8 Å². The van der Waals surface area contributed by atoms with Crippen molar-refractivity contribution in [2.24, 2.45) is 0 Å². The maximum Gasteiger partial charge on any atom is 0.286 e. The van der Waals surface area contributed by atoms with Gasteiger partial charge in [-0.25, -0.2) is 0 Å². The molecular formula is C24H33ClN4O2S. The first kappa shape index (κ1) is 23.5. The van der Waals surface area contributed by atoms with Crippen LogP contribution in [-0.4, -0.2) is 53.5 Å². The van der Waals surface area contributed by atoms with E-state index in [1.165, 1.54) is 5.56 Å². The lowest BCUT2D eigenvalue weighted by Gasteiger charge is -2.49. The molecule has 0 aliphatic carbocycles. The summed E-state index contributed by atoms with van der Waals surface area (Å²) in [6, 6.07) is 4.34. The third-order valence-electron chi connectivity index (χ3n) is 7.37. The van der Waals surface area contributed by atoms with E-state index < -0.39 is 0 Å². The first-order valence-electron chi connectivity index (χ1n) is 11.5. The summed E-state index contributed by atoms with van der Waals surface area (Å²) >= 11 is 7.73. The van der Waals surface area contributed by atoms with Gasteiger partial charge in [0.05, 0.1) is 0 Å². The Morgan fingerprint density at radius 1 is 1.28 bits per heavy atom. The number of nitrogens with zero attached hydrogens (tertiary/aromatic N) is 3. The molecule has 0 bridgehead atoms. The van der Waals surface area contributed by atoms with Gasteiger partial charge in [-0.05, 0) is 79.1 Å². The minimum atomic E-state index is -0.0559.